The van der Waals surface area contributed by atoms with Gasteiger partial charge in [0, 0.05) is 57.9 Å². The summed E-state index contributed by atoms with van der Waals surface area (Å²) < 4.78 is 25.6. The Morgan fingerprint density at radius 2 is 1.88 bits per heavy atom. The number of nitrogens with two attached hydrogens (primary N) is 1. The summed E-state index contributed by atoms with van der Waals surface area (Å²) in [5.74, 6) is -2.02. The summed E-state index contributed by atoms with van der Waals surface area (Å²) in [5.41, 5.74) is 10.7. The van der Waals surface area contributed by atoms with Crippen LogP contribution in [0.5, 0.6) is 5.75 Å². The van der Waals surface area contributed by atoms with Crippen LogP contribution in [0.2, 0.25) is 5.02 Å². The van der Waals surface area contributed by atoms with E-state index in [-0.39, 0.29) is 39.6 Å². The van der Waals surface area contributed by atoms with Gasteiger partial charge < -0.3 is 25.8 Å². The first-order chi connectivity index (χ1) is 23.2. The van der Waals surface area contributed by atoms with Gasteiger partial charge in [-0.15, -0.1) is 11.3 Å². The number of thiophene rings is 1. The number of benzene rings is 3. The van der Waals surface area contributed by atoms with Gasteiger partial charge in [-0.1, -0.05) is 35.9 Å². The average Bonchev–Trinajstić information content (AvgIpc) is 3.50. The number of nitrogens with one attached hydrogen (secondary N) is 2. The van der Waals surface area contributed by atoms with Crippen LogP contribution in [-0.4, -0.2) is 36.5 Å². The van der Waals surface area contributed by atoms with Crippen molar-refractivity contribution in [1.29, 1.82) is 0 Å². The summed E-state index contributed by atoms with van der Waals surface area (Å²) in [6.07, 6.45) is 0.689. The van der Waals surface area contributed by atoms with Gasteiger partial charge in [-0.05, 0) is 71.5 Å². The second-order valence-electron chi connectivity index (χ2n) is 11.1. The van der Waals surface area contributed by atoms with Crippen LogP contribution in [-0.2, 0) is 24.2 Å². The zero-order valence-electron chi connectivity index (χ0n) is 26.0. The number of hydrogen-bond acceptors (Lipinski definition) is 8. The van der Waals surface area contributed by atoms with Crippen molar-refractivity contribution in [2.45, 2.75) is 26.4 Å². The summed E-state index contributed by atoms with van der Waals surface area (Å²) in [6, 6.07) is 18.5. The van der Waals surface area contributed by atoms with Crippen molar-refractivity contribution in [3.05, 3.63) is 122 Å². The third kappa shape index (κ3) is 6.52. The second kappa shape index (κ2) is 13.9. The van der Waals surface area contributed by atoms with Crippen molar-refractivity contribution in [1.82, 2.24) is 10.3 Å². The van der Waals surface area contributed by atoms with Crippen LogP contribution in [0.1, 0.15) is 53.6 Å². The molecular weight excluding hydrogens is 655 g/mol. The monoisotopic (exact) mass is 684 g/mol. The molecule has 4 N–H and O–H groups in total. The summed E-state index contributed by atoms with van der Waals surface area (Å²) in [5, 5.41) is 7.54. The fourth-order valence-corrected chi connectivity index (χ4v) is 6.69. The van der Waals surface area contributed by atoms with Gasteiger partial charge in [0.25, 0.3) is 11.8 Å². The number of esters is 1. The molecule has 5 aromatic rings. The van der Waals surface area contributed by atoms with Crippen LogP contribution in [0.15, 0.2) is 72.1 Å². The standard InChI is InChI=1S/C36H30ClFN4O5S/c1-19-14-20(17-39)6-8-28(19)42-34(43)25-15-26-30(47-12-10-21-11-13-48-33(21)26)16-24(25)23-7-9-29(41-32(23)36(45)46-2)35(44)40-18-22-4-3-5-27(37)31(22)38/h3-9,11,13-16H,10,12,17-18,39H2,1-2H3,(H,40,44)(H,42,43). The number of amides is 2. The normalized spacial score (nSPS) is 11.9. The Kier molecular flexibility index (Phi) is 9.54. The predicted octanol–water partition coefficient (Wildman–Crippen LogP) is 6.94. The molecule has 12 heteroatoms. The van der Waals surface area contributed by atoms with E-state index in [1.165, 1.54) is 31.4 Å². The van der Waals surface area contributed by atoms with E-state index in [1.807, 2.05) is 30.5 Å². The summed E-state index contributed by atoms with van der Waals surface area (Å²) in [7, 11) is 1.20. The number of aryl methyl sites for hydroxylation is 1. The largest absolute Gasteiger partial charge is 0.493 e. The molecular formula is C36H30ClFN4O5S. The molecule has 9 nitrogen and oxygen atoms in total. The molecule has 3 aromatic carbocycles. The first kappa shape index (κ1) is 32.8. The summed E-state index contributed by atoms with van der Waals surface area (Å²) >= 11 is 7.42. The number of hydrogen-bond donors (Lipinski definition) is 3. The van der Waals surface area contributed by atoms with Gasteiger partial charge in [0.1, 0.15) is 17.3 Å². The fraction of sp³-hybridized carbons (Fsp3) is 0.167. The highest BCUT2D eigenvalue weighted by Crippen LogP contribution is 2.43. The number of anilines is 1. The van der Waals surface area contributed by atoms with E-state index in [9.17, 15) is 18.8 Å². The molecule has 0 saturated heterocycles. The molecule has 0 unspecified atom stereocenters. The molecule has 6 rings (SSSR count). The van der Waals surface area contributed by atoms with E-state index >= 15 is 0 Å². The maximum absolute atomic E-state index is 14.4. The number of fused-ring (bicyclic) bond motifs is 3. The van der Waals surface area contributed by atoms with E-state index in [4.69, 9.17) is 26.8 Å². The van der Waals surface area contributed by atoms with Gasteiger partial charge in [-0.2, -0.15) is 0 Å². The number of rotatable bonds is 8. The van der Waals surface area contributed by atoms with E-state index in [1.54, 1.807) is 35.6 Å². The maximum Gasteiger partial charge on any atom is 0.357 e. The molecule has 1 aliphatic rings. The summed E-state index contributed by atoms with van der Waals surface area (Å²) in [4.78, 5) is 45.8. The van der Waals surface area contributed by atoms with Gasteiger partial charge in [-0.3, -0.25) is 9.59 Å². The zero-order chi connectivity index (χ0) is 33.9. The molecule has 0 fully saturated rings. The molecule has 1 aliphatic heterocycles. The van der Waals surface area contributed by atoms with Gasteiger partial charge in [-0.25, -0.2) is 14.2 Å². The average molecular weight is 685 g/mol. The highest BCUT2D eigenvalue weighted by molar-refractivity contribution is 7.13. The van der Waals surface area contributed by atoms with Gasteiger partial charge in [0.15, 0.2) is 5.69 Å². The van der Waals surface area contributed by atoms with Crippen LogP contribution in [0.25, 0.3) is 21.6 Å². The number of pyridine rings is 1. The highest BCUT2D eigenvalue weighted by Gasteiger charge is 2.27. The van der Waals surface area contributed by atoms with Gasteiger partial charge in [0.2, 0.25) is 0 Å². The number of carbonyl (C=O) groups is 3. The Hall–Kier alpha value is -5.10. The highest BCUT2D eigenvalue weighted by atomic mass is 35.5. The van der Waals surface area contributed by atoms with Gasteiger partial charge in [0.05, 0.1) is 18.7 Å². The number of nitrogens with zero attached hydrogens (tertiary/aromatic N) is 1. The number of carbonyl (C=O) groups excluding carboxylic acids is 3. The maximum atomic E-state index is 14.4. The Morgan fingerprint density at radius 3 is 2.65 bits per heavy atom. The minimum atomic E-state index is -0.823. The van der Waals surface area contributed by atoms with Gasteiger partial charge >= 0.3 is 5.97 Å². The number of ether oxygens (including phenoxy) is 2. The van der Waals surface area contributed by atoms with Crippen LogP contribution < -0.4 is 21.1 Å². The van der Waals surface area contributed by atoms with Crippen molar-refractivity contribution in [3.8, 4) is 27.3 Å². The van der Waals surface area contributed by atoms with Crippen LogP contribution in [0.4, 0.5) is 10.1 Å². The zero-order valence-corrected chi connectivity index (χ0v) is 27.6. The Bertz CT molecular complexity index is 2080. The molecule has 48 heavy (non-hydrogen) atoms. The van der Waals surface area contributed by atoms with Crippen molar-refractivity contribution in [3.63, 3.8) is 0 Å². The van der Waals surface area contributed by atoms with E-state index in [0.29, 0.717) is 36.6 Å². The minimum Gasteiger partial charge on any atom is -0.493 e. The van der Waals surface area contributed by atoms with E-state index < -0.39 is 23.6 Å². The number of halogens is 2. The van der Waals surface area contributed by atoms with Crippen LogP contribution in [0, 0.1) is 12.7 Å². The smallest absolute Gasteiger partial charge is 0.357 e. The third-order valence-corrected chi connectivity index (χ3v) is 9.31. The molecule has 0 atom stereocenters. The van der Waals surface area contributed by atoms with E-state index in [2.05, 4.69) is 15.6 Å². The van der Waals surface area contributed by atoms with Crippen molar-refractivity contribution < 1.29 is 28.2 Å². The fourth-order valence-electron chi connectivity index (χ4n) is 5.52. The topological polar surface area (TPSA) is 133 Å². The molecule has 0 aliphatic carbocycles. The minimum absolute atomic E-state index is 0.0696. The molecule has 3 heterocycles. The van der Waals surface area contributed by atoms with Crippen molar-refractivity contribution in [2.75, 3.05) is 19.0 Å². The SMILES string of the molecule is COC(=O)c1nc(C(=O)NCc2cccc(Cl)c2F)ccc1-c1cc2c(cc1C(=O)Nc1ccc(CN)cc1C)-c1sccc1CCO2. The van der Waals surface area contributed by atoms with Crippen molar-refractivity contribution >= 4 is 46.4 Å². The molecule has 2 amide bonds. The lowest BCUT2D eigenvalue weighted by Gasteiger charge is -2.18. The lowest BCUT2D eigenvalue weighted by atomic mass is 9.93. The lowest BCUT2D eigenvalue weighted by Crippen LogP contribution is -2.25. The third-order valence-electron chi connectivity index (χ3n) is 8.03. The van der Waals surface area contributed by atoms with Crippen LogP contribution in [0.3, 0.4) is 0 Å². The lowest BCUT2D eigenvalue weighted by molar-refractivity contribution is 0.0594. The van der Waals surface area contributed by atoms with Crippen molar-refractivity contribution in [2.24, 2.45) is 5.73 Å². The second-order valence-corrected chi connectivity index (χ2v) is 12.4. The Morgan fingerprint density at radius 1 is 1.04 bits per heavy atom. The van der Waals surface area contributed by atoms with E-state index in [0.717, 1.165) is 27.1 Å². The Labute approximate surface area is 284 Å². The van der Waals surface area contributed by atoms with Crippen LogP contribution >= 0.6 is 22.9 Å². The number of methoxy groups -OCH3 is 1. The molecule has 244 valence electrons. The number of aromatic nitrogens is 1. The first-order valence-electron chi connectivity index (χ1n) is 15.0. The Balaban J connectivity index is 1.43. The molecule has 0 radical (unpaired) electrons. The predicted molar refractivity (Wildman–Crippen MR) is 183 cm³/mol. The molecule has 0 spiro atoms. The summed E-state index contributed by atoms with van der Waals surface area (Å²) in [6.45, 7) is 2.50. The molecule has 0 bridgehead atoms. The quantitative estimate of drug-likeness (QED) is 0.151. The molecule has 2 aromatic heterocycles. The first-order valence-corrected chi connectivity index (χ1v) is 16.2. The molecule has 0 saturated carbocycles.